The normalized spacial score (nSPS) is 16.5. The van der Waals surface area contributed by atoms with E-state index in [9.17, 15) is 9.59 Å². The van der Waals surface area contributed by atoms with Crippen LogP contribution in [0.2, 0.25) is 5.02 Å². The second-order valence-corrected chi connectivity index (χ2v) is 8.60. The van der Waals surface area contributed by atoms with Gasteiger partial charge in [0.15, 0.2) is 5.13 Å². The third kappa shape index (κ3) is 5.55. The summed E-state index contributed by atoms with van der Waals surface area (Å²) in [5.41, 5.74) is 1.60. The van der Waals surface area contributed by atoms with Gasteiger partial charge in [0.1, 0.15) is 6.10 Å². The molecular weight excluding hydrogens is 396 g/mol. The zero-order valence-electron chi connectivity index (χ0n) is 16.1. The van der Waals surface area contributed by atoms with Crippen LogP contribution in [0.15, 0.2) is 29.6 Å². The van der Waals surface area contributed by atoms with Crippen LogP contribution in [0, 0.1) is 5.92 Å². The van der Waals surface area contributed by atoms with Crippen LogP contribution in [0.1, 0.15) is 69.2 Å². The molecule has 1 aliphatic rings. The highest BCUT2D eigenvalue weighted by atomic mass is 35.5. The van der Waals surface area contributed by atoms with Gasteiger partial charge in [-0.2, -0.15) is 0 Å². The number of esters is 1. The summed E-state index contributed by atoms with van der Waals surface area (Å²) in [6.45, 7) is 3.13. The lowest BCUT2D eigenvalue weighted by Gasteiger charge is -2.20. The first-order chi connectivity index (χ1) is 13.4. The second kappa shape index (κ2) is 9.52. The zero-order chi connectivity index (χ0) is 20.1. The van der Waals surface area contributed by atoms with Gasteiger partial charge in [-0.25, -0.2) is 4.98 Å². The minimum Gasteiger partial charge on any atom is -0.456 e. The Labute approximate surface area is 174 Å². The third-order valence-corrected chi connectivity index (χ3v) is 6.17. The lowest BCUT2D eigenvalue weighted by atomic mass is 9.87. The lowest BCUT2D eigenvalue weighted by molar-refractivity contribution is -0.146. The van der Waals surface area contributed by atoms with Gasteiger partial charge in [0.05, 0.1) is 11.6 Å². The number of carbonyl (C=O) groups excluding carboxylic acids is 2. The van der Waals surface area contributed by atoms with Crippen LogP contribution in [0.5, 0.6) is 0 Å². The number of benzene rings is 1. The molecule has 7 heteroatoms. The van der Waals surface area contributed by atoms with Crippen LogP contribution in [0.3, 0.4) is 0 Å². The van der Waals surface area contributed by atoms with E-state index in [-0.39, 0.29) is 17.8 Å². The number of ether oxygens (including phenoxy) is 1. The number of carbonyl (C=O) groups is 2. The summed E-state index contributed by atoms with van der Waals surface area (Å²) in [6.07, 6.45) is 5.23. The third-order valence-electron chi connectivity index (χ3n) is 5.14. The van der Waals surface area contributed by atoms with E-state index in [2.05, 4.69) is 10.3 Å². The average molecular weight is 421 g/mol. The number of rotatable bonds is 7. The van der Waals surface area contributed by atoms with E-state index < -0.39 is 6.10 Å². The molecule has 0 radical (unpaired) electrons. The topological polar surface area (TPSA) is 68.3 Å². The second-order valence-electron chi connectivity index (χ2n) is 7.31. The molecule has 1 heterocycles. The van der Waals surface area contributed by atoms with Gasteiger partial charge in [-0.3, -0.25) is 9.59 Å². The Kier molecular flexibility index (Phi) is 7.08. The Hall–Kier alpha value is -1.92. The first-order valence-corrected chi connectivity index (χ1v) is 10.9. The Morgan fingerprint density at radius 2 is 1.96 bits per heavy atom. The molecule has 2 atom stereocenters. The molecule has 1 fully saturated rings. The van der Waals surface area contributed by atoms with Crippen molar-refractivity contribution in [2.75, 3.05) is 5.32 Å². The Morgan fingerprint density at radius 3 is 2.61 bits per heavy atom. The molecule has 1 amide bonds. The van der Waals surface area contributed by atoms with E-state index in [0.29, 0.717) is 21.8 Å². The molecular formula is C21H25ClN2O3S. The van der Waals surface area contributed by atoms with Crippen molar-refractivity contribution in [3.63, 3.8) is 0 Å². The summed E-state index contributed by atoms with van der Waals surface area (Å²) >= 11 is 7.36. The molecule has 2 aromatic rings. The molecule has 150 valence electrons. The molecule has 1 aromatic carbocycles. The van der Waals surface area contributed by atoms with Crippen molar-refractivity contribution in [3.05, 3.63) is 45.9 Å². The highest BCUT2D eigenvalue weighted by molar-refractivity contribution is 7.13. The van der Waals surface area contributed by atoms with Gasteiger partial charge in [-0.15, -0.1) is 11.3 Å². The molecule has 2 unspecified atom stereocenters. The van der Waals surface area contributed by atoms with Gasteiger partial charge in [0.25, 0.3) is 0 Å². The maximum Gasteiger partial charge on any atom is 0.303 e. The van der Waals surface area contributed by atoms with Crippen molar-refractivity contribution in [2.24, 2.45) is 5.92 Å². The van der Waals surface area contributed by atoms with Crippen LogP contribution in [0.4, 0.5) is 5.13 Å². The molecule has 1 aliphatic carbocycles. The molecule has 1 N–H and O–H groups in total. The number of thiazole rings is 1. The van der Waals surface area contributed by atoms with Crippen LogP contribution in [0.25, 0.3) is 0 Å². The van der Waals surface area contributed by atoms with Crippen molar-refractivity contribution in [3.8, 4) is 0 Å². The van der Waals surface area contributed by atoms with Gasteiger partial charge in [-0.1, -0.05) is 49.4 Å². The Balaban J connectivity index is 1.72. The number of halogens is 1. The summed E-state index contributed by atoms with van der Waals surface area (Å²) < 4.78 is 5.15. The predicted molar refractivity (Wildman–Crippen MR) is 112 cm³/mol. The van der Waals surface area contributed by atoms with Crippen LogP contribution in [-0.4, -0.2) is 16.9 Å². The molecule has 0 aliphatic heterocycles. The van der Waals surface area contributed by atoms with E-state index >= 15 is 0 Å². The largest absolute Gasteiger partial charge is 0.456 e. The number of anilines is 1. The van der Waals surface area contributed by atoms with Gasteiger partial charge < -0.3 is 10.1 Å². The number of amides is 1. The first kappa shape index (κ1) is 20.8. The maximum absolute atomic E-state index is 13.1. The summed E-state index contributed by atoms with van der Waals surface area (Å²) in [7, 11) is 0. The van der Waals surface area contributed by atoms with Crippen molar-refractivity contribution >= 4 is 39.9 Å². The van der Waals surface area contributed by atoms with Crippen molar-refractivity contribution in [1.29, 1.82) is 0 Å². The SMILES string of the molecule is CC(=O)OC(C)c1csc(NC(=O)C(CC2CCCC2)c2ccc(Cl)cc2)n1. The predicted octanol–water partition coefficient (Wildman–Crippen LogP) is 5.72. The van der Waals surface area contributed by atoms with Crippen LogP contribution < -0.4 is 5.32 Å². The highest BCUT2D eigenvalue weighted by Crippen LogP contribution is 2.35. The standard InChI is InChI=1S/C21H25ClN2O3S/c1-13(27-14(2)25)19-12-28-21(23-19)24-20(26)18(11-15-5-3-4-6-15)16-7-9-17(22)10-8-16/h7-10,12-13,15,18H,3-6,11H2,1-2H3,(H,23,24,26). The van der Waals surface area contributed by atoms with Crippen LogP contribution in [-0.2, 0) is 14.3 Å². The van der Waals surface area contributed by atoms with Crippen molar-refractivity contribution < 1.29 is 14.3 Å². The fourth-order valence-electron chi connectivity index (χ4n) is 3.70. The monoisotopic (exact) mass is 420 g/mol. The molecule has 0 bridgehead atoms. The Bertz CT molecular complexity index is 815. The lowest BCUT2D eigenvalue weighted by Crippen LogP contribution is -2.23. The van der Waals surface area contributed by atoms with Crippen molar-refractivity contribution in [1.82, 2.24) is 4.98 Å². The summed E-state index contributed by atoms with van der Waals surface area (Å²) in [4.78, 5) is 28.6. The Morgan fingerprint density at radius 1 is 1.29 bits per heavy atom. The maximum atomic E-state index is 13.1. The molecule has 28 heavy (non-hydrogen) atoms. The summed E-state index contributed by atoms with van der Waals surface area (Å²) in [5.74, 6) is -0.0819. The van der Waals surface area contributed by atoms with E-state index in [0.717, 1.165) is 12.0 Å². The molecule has 1 aromatic heterocycles. The fourth-order valence-corrected chi connectivity index (χ4v) is 4.62. The van der Waals surface area contributed by atoms with E-state index in [1.807, 2.05) is 24.3 Å². The van der Waals surface area contributed by atoms with E-state index in [4.69, 9.17) is 16.3 Å². The number of nitrogens with one attached hydrogen (secondary N) is 1. The molecule has 5 nitrogen and oxygen atoms in total. The fraction of sp³-hybridized carbons (Fsp3) is 0.476. The van der Waals surface area contributed by atoms with E-state index in [1.165, 1.54) is 43.9 Å². The zero-order valence-corrected chi connectivity index (χ0v) is 17.7. The molecule has 1 saturated carbocycles. The number of hydrogen-bond acceptors (Lipinski definition) is 5. The minimum absolute atomic E-state index is 0.0599. The summed E-state index contributed by atoms with van der Waals surface area (Å²) in [5, 5.41) is 5.93. The molecule has 3 rings (SSSR count). The summed E-state index contributed by atoms with van der Waals surface area (Å²) in [6, 6.07) is 7.51. The molecule has 0 spiro atoms. The average Bonchev–Trinajstić information content (AvgIpc) is 3.32. The number of hydrogen-bond donors (Lipinski definition) is 1. The van der Waals surface area contributed by atoms with E-state index in [1.54, 1.807) is 12.3 Å². The number of nitrogens with zero attached hydrogens (tertiary/aromatic N) is 1. The van der Waals surface area contributed by atoms with Gasteiger partial charge in [0, 0.05) is 17.3 Å². The highest BCUT2D eigenvalue weighted by Gasteiger charge is 2.27. The smallest absolute Gasteiger partial charge is 0.303 e. The van der Waals surface area contributed by atoms with Gasteiger partial charge in [-0.05, 0) is 37.0 Å². The van der Waals surface area contributed by atoms with Crippen molar-refractivity contribution in [2.45, 2.75) is 58.0 Å². The first-order valence-electron chi connectivity index (χ1n) is 9.61. The van der Waals surface area contributed by atoms with Crippen LogP contribution >= 0.6 is 22.9 Å². The molecule has 0 saturated heterocycles. The minimum atomic E-state index is -0.440. The quantitative estimate of drug-likeness (QED) is 0.581. The van der Waals surface area contributed by atoms with Gasteiger partial charge >= 0.3 is 5.97 Å². The number of aromatic nitrogens is 1. The van der Waals surface area contributed by atoms with Gasteiger partial charge in [0.2, 0.25) is 5.91 Å².